The summed E-state index contributed by atoms with van der Waals surface area (Å²) in [6, 6.07) is 7.19. The maximum Gasteiger partial charge on any atom is 0.320 e. The number of rotatable bonds is 9. The molecule has 1 aliphatic heterocycles. The molecule has 1 atom stereocenters. The van der Waals surface area contributed by atoms with E-state index in [2.05, 4.69) is 26.2 Å². The fourth-order valence-corrected chi connectivity index (χ4v) is 3.41. The average Bonchev–Trinajstić information content (AvgIpc) is 3.15. The molecule has 3 N–H and O–H groups in total. The van der Waals surface area contributed by atoms with Gasteiger partial charge in [0.05, 0.1) is 18.5 Å². The third kappa shape index (κ3) is 5.20. The zero-order valence-corrected chi connectivity index (χ0v) is 16.2. The van der Waals surface area contributed by atoms with Gasteiger partial charge in [0.2, 0.25) is 0 Å². The number of carboxylic acids is 1. The van der Waals surface area contributed by atoms with E-state index in [-0.39, 0.29) is 6.42 Å². The smallest absolute Gasteiger partial charge is 0.320 e. The summed E-state index contributed by atoms with van der Waals surface area (Å²) in [4.78, 5) is 15.6. The molecule has 28 heavy (non-hydrogen) atoms. The van der Waals surface area contributed by atoms with Crippen molar-refractivity contribution in [3.05, 3.63) is 36.2 Å². The largest absolute Gasteiger partial charge is 0.495 e. The highest BCUT2D eigenvalue weighted by atomic mass is 16.5. The number of anilines is 1. The molecule has 0 spiro atoms. The summed E-state index contributed by atoms with van der Waals surface area (Å²) >= 11 is 0. The van der Waals surface area contributed by atoms with Gasteiger partial charge in [0, 0.05) is 51.9 Å². The molecule has 152 valence electrons. The van der Waals surface area contributed by atoms with E-state index in [1.54, 1.807) is 18.0 Å². The van der Waals surface area contributed by atoms with Crippen LogP contribution in [0.2, 0.25) is 0 Å². The van der Waals surface area contributed by atoms with Gasteiger partial charge in [0.25, 0.3) is 0 Å². The first kappa shape index (κ1) is 20.1. The zero-order chi connectivity index (χ0) is 19.9. The highest BCUT2D eigenvalue weighted by Crippen LogP contribution is 2.28. The highest BCUT2D eigenvalue weighted by molar-refractivity contribution is 5.73. The van der Waals surface area contributed by atoms with Crippen LogP contribution in [0.4, 0.5) is 5.69 Å². The molecule has 0 bridgehead atoms. The van der Waals surface area contributed by atoms with Crippen LogP contribution in [-0.2, 0) is 17.8 Å². The number of methoxy groups -OCH3 is 1. The van der Waals surface area contributed by atoms with Crippen LogP contribution in [0.15, 0.2) is 30.5 Å². The van der Waals surface area contributed by atoms with Gasteiger partial charge in [0.15, 0.2) is 0 Å². The van der Waals surface area contributed by atoms with Crippen molar-refractivity contribution in [2.75, 3.05) is 44.7 Å². The molecule has 1 saturated heterocycles. The maximum absolute atomic E-state index is 10.8. The number of aromatic nitrogens is 3. The van der Waals surface area contributed by atoms with Crippen LogP contribution in [0.5, 0.6) is 5.75 Å². The van der Waals surface area contributed by atoms with Gasteiger partial charge in [-0.25, -0.2) is 0 Å². The third-order valence-electron chi connectivity index (χ3n) is 4.99. The second-order valence-corrected chi connectivity index (χ2v) is 6.98. The molecule has 1 aromatic carbocycles. The number of aliphatic carboxylic acids is 1. The third-order valence-corrected chi connectivity index (χ3v) is 4.99. The number of aryl methyl sites for hydroxylation is 1. The number of hydrogen-bond acceptors (Lipinski definition) is 7. The fraction of sp³-hybridized carbons (Fsp3) is 0.526. The molecule has 2 heterocycles. The normalized spacial score (nSPS) is 16.1. The summed E-state index contributed by atoms with van der Waals surface area (Å²) in [5.74, 6) is -0.109. The Kier molecular flexibility index (Phi) is 6.83. The van der Waals surface area contributed by atoms with Crippen LogP contribution >= 0.6 is 0 Å². The standard InChI is InChI=1S/C19H28N6O3/c1-28-18-6-3-2-5-17(18)24-11-9-23(10-12-24)7-4-8-25-14-15(21-22-25)13-16(20)19(26)27/h2-3,5-6,14,16H,4,7-13,20H2,1H3,(H,26,27)/t16-/m0/s1. The SMILES string of the molecule is COc1ccccc1N1CCN(CCCn2cc(C[C@H](N)C(=O)O)nn2)CC1. The van der Waals surface area contributed by atoms with E-state index in [0.29, 0.717) is 5.69 Å². The molecule has 0 unspecified atom stereocenters. The fourth-order valence-electron chi connectivity index (χ4n) is 3.41. The molecule has 1 aromatic heterocycles. The molecule has 1 aliphatic rings. The molecule has 2 aromatic rings. The number of carboxylic acid groups (broad SMARTS) is 1. The summed E-state index contributed by atoms with van der Waals surface area (Å²) in [5, 5.41) is 16.9. The van der Waals surface area contributed by atoms with Crippen LogP contribution in [0.25, 0.3) is 0 Å². The van der Waals surface area contributed by atoms with Crippen molar-refractivity contribution in [3.63, 3.8) is 0 Å². The van der Waals surface area contributed by atoms with Crippen LogP contribution < -0.4 is 15.4 Å². The second kappa shape index (κ2) is 9.52. The quantitative estimate of drug-likeness (QED) is 0.637. The van der Waals surface area contributed by atoms with Crippen LogP contribution in [0.3, 0.4) is 0 Å². The summed E-state index contributed by atoms with van der Waals surface area (Å²) in [5.41, 5.74) is 7.30. The number of benzene rings is 1. The predicted molar refractivity (Wildman–Crippen MR) is 106 cm³/mol. The molecule has 0 aliphatic carbocycles. The Morgan fingerprint density at radius 3 is 2.71 bits per heavy atom. The number of para-hydroxylation sites is 2. The van der Waals surface area contributed by atoms with Crippen molar-refractivity contribution >= 4 is 11.7 Å². The van der Waals surface area contributed by atoms with Crippen LogP contribution in [0, 0.1) is 0 Å². The van der Waals surface area contributed by atoms with Gasteiger partial charge in [-0.3, -0.25) is 14.4 Å². The highest BCUT2D eigenvalue weighted by Gasteiger charge is 2.19. The Morgan fingerprint density at radius 2 is 2.00 bits per heavy atom. The van der Waals surface area contributed by atoms with Gasteiger partial charge in [-0.15, -0.1) is 5.10 Å². The summed E-state index contributed by atoms with van der Waals surface area (Å²) in [6.45, 7) is 5.70. The Hall–Kier alpha value is -2.65. The molecule has 9 heteroatoms. The zero-order valence-electron chi connectivity index (χ0n) is 16.2. The predicted octanol–water partition coefficient (Wildman–Crippen LogP) is 0.453. The molecule has 9 nitrogen and oxygen atoms in total. The van der Waals surface area contributed by atoms with E-state index in [9.17, 15) is 4.79 Å². The number of hydrogen-bond donors (Lipinski definition) is 2. The molecule has 0 amide bonds. The van der Waals surface area contributed by atoms with Crippen molar-refractivity contribution < 1.29 is 14.6 Å². The molecule has 3 rings (SSSR count). The number of ether oxygens (including phenoxy) is 1. The van der Waals surface area contributed by atoms with E-state index in [4.69, 9.17) is 15.6 Å². The van der Waals surface area contributed by atoms with Crippen LogP contribution in [-0.4, -0.2) is 76.8 Å². The summed E-state index contributed by atoms with van der Waals surface area (Å²) in [7, 11) is 1.71. The maximum atomic E-state index is 10.8. The lowest BCUT2D eigenvalue weighted by atomic mass is 10.2. The van der Waals surface area contributed by atoms with E-state index in [0.717, 1.165) is 57.1 Å². The lowest BCUT2D eigenvalue weighted by molar-refractivity contribution is -0.138. The minimum absolute atomic E-state index is 0.195. The van der Waals surface area contributed by atoms with Crippen LogP contribution in [0.1, 0.15) is 12.1 Å². The molecule has 1 fully saturated rings. The van der Waals surface area contributed by atoms with Crippen molar-refractivity contribution in [1.29, 1.82) is 0 Å². The van der Waals surface area contributed by atoms with Crippen molar-refractivity contribution in [2.45, 2.75) is 25.4 Å². The Labute approximate surface area is 164 Å². The van der Waals surface area contributed by atoms with Gasteiger partial charge in [-0.05, 0) is 18.6 Å². The molecule has 0 radical (unpaired) electrons. The first-order valence-corrected chi connectivity index (χ1v) is 9.54. The van der Waals surface area contributed by atoms with Crippen molar-refractivity contribution in [2.24, 2.45) is 5.73 Å². The number of nitrogens with zero attached hydrogens (tertiary/aromatic N) is 5. The average molecular weight is 388 g/mol. The van der Waals surface area contributed by atoms with Gasteiger partial charge < -0.3 is 20.5 Å². The molecular formula is C19H28N6O3. The Balaban J connectivity index is 1.40. The minimum atomic E-state index is -1.03. The lowest BCUT2D eigenvalue weighted by Crippen LogP contribution is -2.46. The van der Waals surface area contributed by atoms with E-state index >= 15 is 0 Å². The van der Waals surface area contributed by atoms with Gasteiger partial charge in [-0.2, -0.15) is 0 Å². The van der Waals surface area contributed by atoms with Crippen molar-refractivity contribution in [1.82, 2.24) is 19.9 Å². The first-order chi connectivity index (χ1) is 13.6. The Bertz CT molecular complexity index is 773. The lowest BCUT2D eigenvalue weighted by Gasteiger charge is -2.36. The topological polar surface area (TPSA) is 110 Å². The van der Waals surface area contributed by atoms with E-state index in [1.807, 2.05) is 18.2 Å². The number of nitrogens with two attached hydrogens (primary N) is 1. The Morgan fingerprint density at radius 1 is 1.25 bits per heavy atom. The molecular weight excluding hydrogens is 360 g/mol. The number of carbonyl (C=O) groups is 1. The molecule has 0 saturated carbocycles. The van der Waals surface area contributed by atoms with Gasteiger partial charge in [0.1, 0.15) is 11.8 Å². The first-order valence-electron chi connectivity index (χ1n) is 9.54. The summed E-state index contributed by atoms with van der Waals surface area (Å²) in [6.07, 6.45) is 2.94. The van der Waals surface area contributed by atoms with E-state index in [1.165, 1.54) is 0 Å². The van der Waals surface area contributed by atoms with E-state index < -0.39 is 12.0 Å². The summed E-state index contributed by atoms with van der Waals surface area (Å²) < 4.78 is 7.23. The van der Waals surface area contributed by atoms with Gasteiger partial charge in [-0.1, -0.05) is 17.3 Å². The van der Waals surface area contributed by atoms with Gasteiger partial charge >= 0.3 is 5.97 Å². The second-order valence-electron chi connectivity index (χ2n) is 6.98. The minimum Gasteiger partial charge on any atom is -0.495 e. The number of piperazine rings is 1. The van der Waals surface area contributed by atoms with Crippen molar-refractivity contribution in [3.8, 4) is 5.75 Å². The monoisotopic (exact) mass is 388 g/mol.